The first-order chi connectivity index (χ1) is 8.29. The van der Waals surface area contributed by atoms with Crippen molar-refractivity contribution < 1.29 is 0 Å². The van der Waals surface area contributed by atoms with Crippen LogP contribution in [0.2, 0.25) is 0 Å². The van der Waals surface area contributed by atoms with Gasteiger partial charge in [0.25, 0.3) is 0 Å². The van der Waals surface area contributed by atoms with Crippen molar-refractivity contribution in [3.05, 3.63) is 42.1 Å². The van der Waals surface area contributed by atoms with Gasteiger partial charge in [0.05, 0.1) is 11.9 Å². The molecule has 0 bridgehead atoms. The Bertz CT molecular complexity index is 524. The standard InChI is InChI=1S/C12H13N5/c1-10-2-3-11(8-13)12(16-10)15-5-7-17-6-4-14-9-17/h2-4,6,9H,5,7H2,1H3,(H,15,16). The number of anilines is 1. The summed E-state index contributed by atoms with van der Waals surface area (Å²) >= 11 is 0. The zero-order valence-electron chi connectivity index (χ0n) is 9.59. The number of hydrogen-bond acceptors (Lipinski definition) is 4. The number of hydrogen-bond donors (Lipinski definition) is 1. The average molecular weight is 227 g/mol. The molecule has 2 rings (SSSR count). The van der Waals surface area contributed by atoms with Gasteiger partial charge in [0.1, 0.15) is 11.9 Å². The number of pyridine rings is 1. The highest BCUT2D eigenvalue weighted by atomic mass is 15.1. The second kappa shape index (κ2) is 5.12. The van der Waals surface area contributed by atoms with Gasteiger partial charge in [0.15, 0.2) is 0 Å². The van der Waals surface area contributed by atoms with Crippen molar-refractivity contribution in [2.24, 2.45) is 0 Å². The van der Waals surface area contributed by atoms with Gasteiger partial charge in [-0.15, -0.1) is 0 Å². The van der Waals surface area contributed by atoms with Crippen LogP contribution in [0.1, 0.15) is 11.3 Å². The summed E-state index contributed by atoms with van der Waals surface area (Å²) in [5.41, 5.74) is 1.47. The Hall–Kier alpha value is -2.35. The molecule has 5 nitrogen and oxygen atoms in total. The lowest BCUT2D eigenvalue weighted by Gasteiger charge is -2.08. The van der Waals surface area contributed by atoms with Gasteiger partial charge in [0.2, 0.25) is 0 Å². The molecule has 0 saturated heterocycles. The van der Waals surface area contributed by atoms with E-state index in [2.05, 4.69) is 21.4 Å². The quantitative estimate of drug-likeness (QED) is 0.861. The number of nitriles is 1. The predicted octanol–water partition coefficient (Wildman–Crippen LogP) is 1.57. The van der Waals surface area contributed by atoms with Crippen LogP contribution in [0.15, 0.2) is 30.9 Å². The summed E-state index contributed by atoms with van der Waals surface area (Å²) < 4.78 is 1.97. The van der Waals surface area contributed by atoms with E-state index < -0.39 is 0 Å². The molecule has 17 heavy (non-hydrogen) atoms. The molecule has 0 aliphatic rings. The fourth-order valence-electron chi connectivity index (χ4n) is 1.50. The Balaban J connectivity index is 1.99. The normalized spacial score (nSPS) is 9.88. The first kappa shape index (κ1) is 11.1. The van der Waals surface area contributed by atoms with Gasteiger partial charge in [-0.1, -0.05) is 0 Å². The van der Waals surface area contributed by atoms with Gasteiger partial charge in [-0.05, 0) is 19.1 Å². The average Bonchev–Trinajstić information content (AvgIpc) is 2.82. The summed E-state index contributed by atoms with van der Waals surface area (Å²) in [4.78, 5) is 8.27. The Morgan fingerprint density at radius 1 is 1.47 bits per heavy atom. The van der Waals surface area contributed by atoms with E-state index in [0.29, 0.717) is 17.9 Å². The lowest BCUT2D eigenvalue weighted by Crippen LogP contribution is -2.11. The first-order valence-corrected chi connectivity index (χ1v) is 5.37. The Kier molecular flexibility index (Phi) is 3.36. The molecule has 0 fully saturated rings. The molecule has 2 aromatic heterocycles. The molecule has 86 valence electrons. The Labute approximate surface area is 99.7 Å². The van der Waals surface area contributed by atoms with E-state index in [1.54, 1.807) is 18.6 Å². The minimum Gasteiger partial charge on any atom is -0.367 e. The maximum absolute atomic E-state index is 8.95. The van der Waals surface area contributed by atoms with Gasteiger partial charge < -0.3 is 9.88 Å². The molecule has 0 atom stereocenters. The van der Waals surface area contributed by atoms with E-state index in [1.165, 1.54) is 0 Å². The van der Waals surface area contributed by atoms with E-state index in [4.69, 9.17) is 5.26 Å². The SMILES string of the molecule is Cc1ccc(C#N)c(NCCn2ccnc2)n1. The van der Waals surface area contributed by atoms with Gasteiger partial charge in [-0.25, -0.2) is 9.97 Å². The van der Waals surface area contributed by atoms with Gasteiger partial charge >= 0.3 is 0 Å². The highest BCUT2D eigenvalue weighted by Gasteiger charge is 2.02. The summed E-state index contributed by atoms with van der Waals surface area (Å²) in [6.07, 6.45) is 5.40. The molecule has 0 spiro atoms. The number of aryl methyl sites for hydroxylation is 1. The predicted molar refractivity (Wildman–Crippen MR) is 64.4 cm³/mol. The van der Waals surface area contributed by atoms with Crippen LogP contribution in [0.5, 0.6) is 0 Å². The fourth-order valence-corrected chi connectivity index (χ4v) is 1.50. The summed E-state index contributed by atoms with van der Waals surface area (Å²) in [6.45, 7) is 3.41. The van der Waals surface area contributed by atoms with E-state index >= 15 is 0 Å². The van der Waals surface area contributed by atoms with Crippen molar-refractivity contribution in [3.63, 3.8) is 0 Å². The largest absolute Gasteiger partial charge is 0.367 e. The molecule has 0 aromatic carbocycles. The van der Waals surface area contributed by atoms with Crippen LogP contribution in [-0.2, 0) is 6.54 Å². The summed E-state index contributed by atoms with van der Waals surface area (Å²) in [5, 5.41) is 12.1. The summed E-state index contributed by atoms with van der Waals surface area (Å²) in [5.74, 6) is 0.646. The maximum atomic E-state index is 8.95. The number of nitrogens with one attached hydrogen (secondary N) is 1. The zero-order chi connectivity index (χ0) is 12.1. The van der Waals surface area contributed by atoms with Crippen LogP contribution in [0.4, 0.5) is 5.82 Å². The van der Waals surface area contributed by atoms with Crippen LogP contribution < -0.4 is 5.32 Å². The van der Waals surface area contributed by atoms with Crippen LogP contribution >= 0.6 is 0 Å². The first-order valence-electron chi connectivity index (χ1n) is 5.37. The maximum Gasteiger partial charge on any atom is 0.144 e. The summed E-state index contributed by atoms with van der Waals surface area (Å²) in [6, 6.07) is 5.73. The lowest BCUT2D eigenvalue weighted by molar-refractivity contribution is 0.725. The number of aromatic nitrogens is 3. The second-order valence-electron chi connectivity index (χ2n) is 3.69. The number of nitrogens with zero attached hydrogens (tertiary/aromatic N) is 4. The van der Waals surface area contributed by atoms with Crippen molar-refractivity contribution in [3.8, 4) is 6.07 Å². The molecule has 2 aromatic rings. The van der Waals surface area contributed by atoms with E-state index in [0.717, 1.165) is 12.2 Å². The molecule has 0 saturated carbocycles. The molecule has 0 aliphatic heterocycles. The number of imidazole rings is 1. The minimum absolute atomic E-state index is 0.571. The molecule has 0 amide bonds. The third-order valence-electron chi connectivity index (χ3n) is 2.38. The Morgan fingerprint density at radius 3 is 3.06 bits per heavy atom. The van der Waals surface area contributed by atoms with Crippen LogP contribution in [0.25, 0.3) is 0 Å². The highest BCUT2D eigenvalue weighted by Crippen LogP contribution is 2.11. The second-order valence-corrected chi connectivity index (χ2v) is 3.69. The Morgan fingerprint density at radius 2 is 2.35 bits per heavy atom. The molecular weight excluding hydrogens is 214 g/mol. The third kappa shape index (κ3) is 2.82. The van der Waals surface area contributed by atoms with E-state index in [-0.39, 0.29) is 0 Å². The molecule has 0 unspecified atom stereocenters. The molecular formula is C12H13N5. The van der Waals surface area contributed by atoms with Crippen LogP contribution in [0.3, 0.4) is 0 Å². The van der Waals surface area contributed by atoms with Crippen LogP contribution in [-0.4, -0.2) is 21.1 Å². The lowest BCUT2D eigenvalue weighted by atomic mass is 10.2. The van der Waals surface area contributed by atoms with Crippen molar-refractivity contribution >= 4 is 5.82 Å². The van der Waals surface area contributed by atoms with Gasteiger partial charge in [-0.2, -0.15) is 5.26 Å². The minimum atomic E-state index is 0.571. The molecule has 2 heterocycles. The molecule has 0 aliphatic carbocycles. The molecule has 5 heteroatoms. The van der Waals surface area contributed by atoms with E-state index in [1.807, 2.05) is 23.8 Å². The fraction of sp³-hybridized carbons (Fsp3) is 0.250. The monoisotopic (exact) mass is 227 g/mol. The topological polar surface area (TPSA) is 66.5 Å². The zero-order valence-corrected chi connectivity index (χ0v) is 9.59. The van der Waals surface area contributed by atoms with Crippen molar-refractivity contribution in [2.45, 2.75) is 13.5 Å². The van der Waals surface area contributed by atoms with E-state index in [9.17, 15) is 0 Å². The van der Waals surface area contributed by atoms with Gasteiger partial charge in [-0.3, -0.25) is 0 Å². The van der Waals surface area contributed by atoms with Gasteiger partial charge in [0, 0.05) is 31.2 Å². The van der Waals surface area contributed by atoms with Crippen molar-refractivity contribution in [1.82, 2.24) is 14.5 Å². The third-order valence-corrected chi connectivity index (χ3v) is 2.38. The van der Waals surface area contributed by atoms with Crippen molar-refractivity contribution in [1.29, 1.82) is 5.26 Å². The highest BCUT2D eigenvalue weighted by molar-refractivity contribution is 5.52. The number of rotatable bonds is 4. The summed E-state index contributed by atoms with van der Waals surface area (Å²) in [7, 11) is 0. The van der Waals surface area contributed by atoms with Crippen molar-refractivity contribution in [2.75, 3.05) is 11.9 Å². The molecule has 1 N–H and O–H groups in total. The van der Waals surface area contributed by atoms with Crippen LogP contribution in [0, 0.1) is 18.3 Å². The smallest absolute Gasteiger partial charge is 0.144 e. The molecule has 0 radical (unpaired) electrons.